The van der Waals surface area contributed by atoms with E-state index in [1.54, 1.807) is 4.68 Å². The summed E-state index contributed by atoms with van der Waals surface area (Å²) in [5.41, 5.74) is 6.55. The molecule has 21 heavy (non-hydrogen) atoms. The maximum Gasteiger partial charge on any atom is 0.345 e. The molecule has 1 atom stereocenters. The molecule has 2 rings (SSSR count). The number of aromatic nitrogens is 2. The van der Waals surface area contributed by atoms with Crippen molar-refractivity contribution in [2.24, 2.45) is 5.92 Å². The maximum atomic E-state index is 12.1. The Hall–Kier alpha value is -1.72. The number of piperidine rings is 1. The number of rotatable bonds is 5. The molecule has 6 nitrogen and oxygen atoms in total. The molecule has 2 N–H and O–H groups in total. The van der Waals surface area contributed by atoms with E-state index in [0.29, 0.717) is 23.1 Å². The van der Waals surface area contributed by atoms with Crippen LogP contribution in [0.5, 0.6) is 0 Å². The van der Waals surface area contributed by atoms with Crippen molar-refractivity contribution in [3.8, 4) is 0 Å². The summed E-state index contributed by atoms with van der Waals surface area (Å²) in [5, 5.41) is 4.59. The molecule has 1 fully saturated rings. The Morgan fingerprint density at radius 2 is 2.29 bits per heavy atom. The average molecular weight is 294 g/mol. The monoisotopic (exact) mass is 294 g/mol. The Labute approximate surface area is 126 Å². The van der Waals surface area contributed by atoms with Gasteiger partial charge in [0.25, 0.3) is 0 Å². The van der Waals surface area contributed by atoms with Gasteiger partial charge in [0.15, 0.2) is 5.82 Å². The average Bonchev–Trinajstić information content (AvgIpc) is 2.81. The summed E-state index contributed by atoms with van der Waals surface area (Å²) >= 11 is 0. The number of carbonyl (C=O) groups excluding carboxylic acids is 1. The summed E-state index contributed by atoms with van der Waals surface area (Å²) in [4.78, 5) is 14.3. The van der Waals surface area contributed by atoms with Gasteiger partial charge < -0.3 is 15.4 Å². The summed E-state index contributed by atoms with van der Waals surface area (Å²) in [6.45, 7) is 6.90. The third-order valence-corrected chi connectivity index (χ3v) is 4.04. The number of esters is 1. The fourth-order valence-electron chi connectivity index (χ4n) is 2.84. The third-order valence-electron chi connectivity index (χ3n) is 4.04. The van der Waals surface area contributed by atoms with Gasteiger partial charge in [-0.3, -0.25) is 0 Å². The normalized spacial score (nSPS) is 18.8. The number of methoxy groups -OCH3 is 1. The van der Waals surface area contributed by atoms with E-state index in [1.165, 1.54) is 13.5 Å². The number of nitrogen functional groups attached to an aromatic ring is 1. The van der Waals surface area contributed by atoms with Crippen LogP contribution in [0.1, 0.15) is 49.9 Å². The smallest absolute Gasteiger partial charge is 0.345 e. The lowest BCUT2D eigenvalue weighted by molar-refractivity contribution is 0.0602. The van der Waals surface area contributed by atoms with E-state index in [4.69, 9.17) is 10.5 Å². The maximum absolute atomic E-state index is 12.1. The van der Waals surface area contributed by atoms with Gasteiger partial charge >= 0.3 is 5.97 Å². The molecule has 0 radical (unpaired) electrons. The van der Waals surface area contributed by atoms with Gasteiger partial charge in [-0.1, -0.05) is 20.3 Å². The molecule has 2 heterocycles. The van der Waals surface area contributed by atoms with E-state index in [-0.39, 0.29) is 0 Å². The summed E-state index contributed by atoms with van der Waals surface area (Å²) in [6.07, 6.45) is 4.38. The molecule has 0 amide bonds. The number of nitrogens with two attached hydrogens (primary N) is 1. The first-order chi connectivity index (χ1) is 10.1. The number of anilines is 2. The van der Waals surface area contributed by atoms with Crippen LogP contribution in [0.3, 0.4) is 0 Å². The summed E-state index contributed by atoms with van der Waals surface area (Å²) in [7, 11) is 1.38. The second kappa shape index (κ2) is 6.83. The Morgan fingerprint density at radius 1 is 1.52 bits per heavy atom. The molecule has 0 aromatic carbocycles. The number of hydrogen-bond donors (Lipinski definition) is 1. The van der Waals surface area contributed by atoms with Crippen LogP contribution in [-0.4, -0.2) is 35.9 Å². The molecule has 1 aliphatic heterocycles. The third kappa shape index (κ3) is 3.31. The van der Waals surface area contributed by atoms with Crippen molar-refractivity contribution in [2.45, 2.75) is 46.1 Å². The number of ether oxygens (including phenoxy) is 1. The van der Waals surface area contributed by atoms with Crippen LogP contribution in [-0.2, 0) is 11.3 Å². The van der Waals surface area contributed by atoms with E-state index in [2.05, 4.69) is 23.8 Å². The van der Waals surface area contributed by atoms with Crippen molar-refractivity contribution in [1.82, 2.24) is 9.78 Å². The standard InChI is InChI=1S/C15H26N4O2/c1-4-5-9-19-13(16)12(15(20)21-3)14(17-19)18-8-6-7-11(2)10-18/h11H,4-10,16H2,1-3H3. The number of hydrogen-bond acceptors (Lipinski definition) is 5. The topological polar surface area (TPSA) is 73.4 Å². The number of nitrogens with zero attached hydrogens (tertiary/aromatic N) is 3. The van der Waals surface area contributed by atoms with Crippen molar-refractivity contribution in [3.63, 3.8) is 0 Å². The van der Waals surface area contributed by atoms with Crippen LogP contribution < -0.4 is 10.6 Å². The fraction of sp³-hybridized carbons (Fsp3) is 0.733. The van der Waals surface area contributed by atoms with Crippen LogP contribution in [0.15, 0.2) is 0 Å². The van der Waals surface area contributed by atoms with E-state index < -0.39 is 5.97 Å². The molecule has 1 aliphatic rings. The number of aryl methyl sites for hydroxylation is 1. The summed E-state index contributed by atoms with van der Waals surface area (Å²) < 4.78 is 6.63. The second-order valence-corrected chi connectivity index (χ2v) is 5.85. The predicted molar refractivity (Wildman–Crippen MR) is 83.5 cm³/mol. The van der Waals surface area contributed by atoms with Crippen LogP contribution in [0, 0.1) is 5.92 Å². The highest BCUT2D eigenvalue weighted by Gasteiger charge is 2.28. The molecular formula is C15H26N4O2. The van der Waals surface area contributed by atoms with E-state index >= 15 is 0 Å². The first-order valence-electron chi connectivity index (χ1n) is 7.78. The summed E-state index contributed by atoms with van der Waals surface area (Å²) in [6, 6.07) is 0. The first-order valence-corrected chi connectivity index (χ1v) is 7.78. The van der Waals surface area contributed by atoms with Crippen molar-refractivity contribution >= 4 is 17.6 Å². The minimum Gasteiger partial charge on any atom is -0.465 e. The molecule has 1 aromatic heterocycles. The molecule has 0 saturated carbocycles. The Bertz CT molecular complexity index is 498. The van der Waals surface area contributed by atoms with Crippen molar-refractivity contribution < 1.29 is 9.53 Å². The molecule has 6 heteroatoms. The first kappa shape index (κ1) is 15.7. The largest absolute Gasteiger partial charge is 0.465 e. The van der Waals surface area contributed by atoms with Gasteiger partial charge in [0.05, 0.1) is 7.11 Å². The van der Waals surface area contributed by atoms with Gasteiger partial charge in [-0.05, 0) is 25.2 Å². The zero-order valence-electron chi connectivity index (χ0n) is 13.3. The van der Waals surface area contributed by atoms with Crippen LogP contribution in [0.2, 0.25) is 0 Å². The Balaban J connectivity index is 2.35. The van der Waals surface area contributed by atoms with Gasteiger partial charge in [-0.25, -0.2) is 9.48 Å². The molecule has 1 aromatic rings. The van der Waals surface area contributed by atoms with E-state index in [1.807, 2.05) is 0 Å². The van der Waals surface area contributed by atoms with Crippen LogP contribution in [0.4, 0.5) is 11.6 Å². The molecule has 118 valence electrons. The lowest BCUT2D eigenvalue weighted by Crippen LogP contribution is -2.35. The highest BCUT2D eigenvalue weighted by molar-refractivity contribution is 5.99. The van der Waals surface area contributed by atoms with Gasteiger partial charge in [0.2, 0.25) is 0 Å². The highest BCUT2D eigenvalue weighted by Crippen LogP contribution is 2.29. The van der Waals surface area contributed by atoms with E-state index in [0.717, 1.165) is 38.9 Å². The van der Waals surface area contributed by atoms with Crippen molar-refractivity contribution in [3.05, 3.63) is 5.56 Å². The SMILES string of the molecule is CCCCn1nc(N2CCCC(C)C2)c(C(=O)OC)c1N. The number of carbonyl (C=O) groups is 1. The minimum absolute atomic E-state index is 0.400. The molecule has 0 bridgehead atoms. The van der Waals surface area contributed by atoms with Crippen molar-refractivity contribution in [2.75, 3.05) is 30.8 Å². The molecular weight excluding hydrogens is 268 g/mol. The lowest BCUT2D eigenvalue weighted by atomic mass is 10.00. The zero-order chi connectivity index (χ0) is 15.4. The van der Waals surface area contributed by atoms with Crippen molar-refractivity contribution in [1.29, 1.82) is 0 Å². The highest BCUT2D eigenvalue weighted by atomic mass is 16.5. The Kier molecular flexibility index (Phi) is 5.09. The molecule has 1 unspecified atom stereocenters. The van der Waals surface area contributed by atoms with Gasteiger partial charge in [0, 0.05) is 19.6 Å². The van der Waals surface area contributed by atoms with Gasteiger partial charge in [0.1, 0.15) is 11.4 Å². The lowest BCUT2D eigenvalue weighted by Gasteiger charge is -2.31. The predicted octanol–water partition coefficient (Wildman–Crippen LogP) is 2.29. The summed E-state index contributed by atoms with van der Waals surface area (Å²) in [5.74, 6) is 1.31. The van der Waals surface area contributed by atoms with E-state index in [9.17, 15) is 4.79 Å². The fourth-order valence-corrected chi connectivity index (χ4v) is 2.84. The van der Waals surface area contributed by atoms with Gasteiger partial charge in [-0.15, -0.1) is 0 Å². The quantitative estimate of drug-likeness (QED) is 0.843. The minimum atomic E-state index is -0.400. The number of unbranched alkanes of at least 4 members (excludes halogenated alkanes) is 1. The van der Waals surface area contributed by atoms with Crippen LogP contribution in [0.25, 0.3) is 0 Å². The van der Waals surface area contributed by atoms with Crippen LogP contribution >= 0.6 is 0 Å². The van der Waals surface area contributed by atoms with Gasteiger partial charge in [-0.2, -0.15) is 5.10 Å². The second-order valence-electron chi connectivity index (χ2n) is 5.85. The molecule has 0 aliphatic carbocycles. The zero-order valence-corrected chi connectivity index (χ0v) is 13.3. The molecule has 0 spiro atoms. The molecule has 1 saturated heterocycles. The Morgan fingerprint density at radius 3 is 2.90 bits per heavy atom.